The van der Waals surface area contributed by atoms with Gasteiger partial charge in [-0.2, -0.15) is 0 Å². The van der Waals surface area contributed by atoms with Crippen LogP contribution >= 0.6 is 0 Å². The van der Waals surface area contributed by atoms with Crippen LogP contribution in [0.4, 0.5) is 0 Å². The number of rotatable bonds is 7. The summed E-state index contributed by atoms with van der Waals surface area (Å²) < 4.78 is 0. The minimum atomic E-state index is 0.562. The molecule has 0 amide bonds. The summed E-state index contributed by atoms with van der Waals surface area (Å²) in [6.07, 6.45) is 10.2. The molecule has 0 heterocycles. The molecule has 0 aliphatic heterocycles. The highest BCUT2D eigenvalue weighted by atomic mass is 15.2. The van der Waals surface area contributed by atoms with Crippen LogP contribution in [0.15, 0.2) is 0 Å². The van der Waals surface area contributed by atoms with E-state index in [-0.39, 0.29) is 0 Å². The predicted molar refractivity (Wildman–Crippen MR) is 78.9 cm³/mol. The van der Waals surface area contributed by atoms with E-state index in [0.717, 1.165) is 5.92 Å². The molecule has 0 aromatic heterocycles. The number of hydrogen-bond acceptors (Lipinski definition) is 2. The fraction of sp³-hybridized carbons (Fsp3) is 1.00. The third-order valence-corrected chi connectivity index (χ3v) is 4.92. The van der Waals surface area contributed by atoms with E-state index in [4.69, 9.17) is 0 Å². The zero-order valence-corrected chi connectivity index (χ0v) is 12.7. The first-order chi connectivity index (χ1) is 8.65. The van der Waals surface area contributed by atoms with E-state index in [0.29, 0.717) is 11.5 Å². The quantitative estimate of drug-likeness (QED) is 0.748. The second kappa shape index (κ2) is 6.38. The third kappa shape index (κ3) is 3.96. The second-order valence-corrected chi connectivity index (χ2v) is 7.06. The van der Waals surface area contributed by atoms with Gasteiger partial charge in [-0.3, -0.25) is 0 Å². The predicted octanol–water partition coefficient (Wildman–Crippen LogP) is 3.28. The van der Waals surface area contributed by atoms with Gasteiger partial charge in [0.15, 0.2) is 0 Å². The number of nitrogens with zero attached hydrogens (tertiary/aromatic N) is 1. The van der Waals surface area contributed by atoms with Gasteiger partial charge in [0.1, 0.15) is 0 Å². The lowest BCUT2D eigenvalue weighted by atomic mass is 9.73. The third-order valence-electron chi connectivity index (χ3n) is 4.92. The average molecular weight is 252 g/mol. The van der Waals surface area contributed by atoms with Crippen LogP contribution < -0.4 is 5.32 Å². The lowest BCUT2D eigenvalue weighted by molar-refractivity contribution is 0.0817. The van der Waals surface area contributed by atoms with Crippen molar-refractivity contribution in [1.29, 1.82) is 0 Å². The Bertz CT molecular complexity index is 234. The minimum Gasteiger partial charge on any atom is -0.319 e. The van der Waals surface area contributed by atoms with Crippen LogP contribution in [0.1, 0.15) is 58.8 Å². The van der Waals surface area contributed by atoms with E-state index < -0.39 is 0 Å². The van der Waals surface area contributed by atoms with E-state index >= 15 is 0 Å². The van der Waals surface area contributed by atoms with Gasteiger partial charge in [-0.05, 0) is 57.9 Å². The van der Waals surface area contributed by atoms with Gasteiger partial charge >= 0.3 is 0 Å². The maximum absolute atomic E-state index is 3.46. The first kappa shape index (κ1) is 14.3. The number of nitrogens with one attached hydrogen (secondary N) is 1. The topological polar surface area (TPSA) is 15.3 Å². The van der Waals surface area contributed by atoms with Crippen molar-refractivity contribution in [2.45, 2.75) is 64.8 Å². The van der Waals surface area contributed by atoms with Gasteiger partial charge in [0, 0.05) is 25.7 Å². The van der Waals surface area contributed by atoms with Crippen molar-refractivity contribution in [2.75, 3.05) is 26.7 Å². The van der Waals surface area contributed by atoms with E-state index in [9.17, 15) is 0 Å². The van der Waals surface area contributed by atoms with Crippen molar-refractivity contribution in [1.82, 2.24) is 10.2 Å². The molecule has 0 unspecified atom stereocenters. The maximum atomic E-state index is 3.46. The fourth-order valence-electron chi connectivity index (χ4n) is 3.59. The lowest BCUT2D eigenvalue weighted by Gasteiger charge is -2.42. The Labute approximate surface area is 114 Å². The average Bonchev–Trinajstić information content (AvgIpc) is 3.13. The molecule has 2 saturated carbocycles. The zero-order chi connectivity index (χ0) is 13.0. The molecule has 0 atom stereocenters. The lowest BCUT2D eigenvalue weighted by Crippen LogP contribution is -2.47. The summed E-state index contributed by atoms with van der Waals surface area (Å²) in [4.78, 5) is 2.76. The molecular weight excluding hydrogens is 220 g/mol. The first-order valence-corrected chi connectivity index (χ1v) is 8.04. The first-order valence-electron chi connectivity index (χ1n) is 8.04. The molecule has 2 nitrogen and oxygen atoms in total. The summed E-state index contributed by atoms with van der Waals surface area (Å²) in [5.74, 6) is 1.02. The molecule has 0 bridgehead atoms. The van der Waals surface area contributed by atoms with Gasteiger partial charge < -0.3 is 10.2 Å². The highest BCUT2D eigenvalue weighted by molar-refractivity contribution is 4.90. The van der Waals surface area contributed by atoms with Gasteiger partial charge in [-0.1, -0.05) is 19.3 Å². The Kier molecular flexibility index (Phi) is 5.08. The molecule has 2 rings (SSSR count). The molecule has 2 heteroatoms. The van der Waals surface area contributed by atoms with Crippen LogP contribution in [-0.2, 0) is 0 Å². The molecule has 2 aliphatic carbocycles. The van der Waals surface area contributed by atoms with Crippen molar-refractivity contribution in [3.63, 3.8) is 0 Å². The fourth-order valence-corrected chi connectivity index (χ4v) is 3.59. The van der Waals surface area contributed by atoms with Gasteiger partial charge in [0.2, 0.25) is 0 Å². The van der Waals surface area contributed by atoms with Crippen LogP contribution in [0.25, 0.3) is 0 Å². The molecule has 2 aliphatic rings. The molecule has 0 aromatic carbocycles. The van der Waals surface area contributed by atoms with E-state index in [2.05, 4.69) is 31.1 Å². The Balaban J connectivity index is 1.95. The van der Waals surface area contributed by atoms with Crippen molar-refractivity contribution in [2.24, 2.45) is 11.3 Å². The molecule has 0 aromatic rings. The molecule has 2 fully saturated rings. The van der Waals surface area contributed by atoms with E-state index in [1.807, 2.05) is 0 Å². The van der Waals surface area contributed by atoms with Crippen LogP contribution in [0.2, 0.25) is 0 Å². The van der Waals surface area contributed by atoms with Crippen LogP contribution in [0.5, 0.6) is 0 Å². The van der Waals surface area contributed by atoms with E-state index in [1.54, 1.807) is 0 Å². The van der Waals surface area contributed by atoms with Gasteiger partial charge in [-0.15, -0.1) is 0 Å². The Morgan fingerprint density at radius 3 is 2.33 bits per heavy atom. The molecule has 106 valence electrons. The van der Waals surface area contributed by atoms with Crippen LogP contribution in [-0.4, -0.2) is 37.6 Å². The van der Waals surface area contributed by atoms with Crippen LogP contribution in [0.3, 0.4) is 0 Å². The smallest absolute Gasteiger partial charge is 0.00530 e. The van der Waals surface area contributed by atoms with Crippen molar-refractivity contribution in [3.05, 3.63) is 0 Å². The van der Waals surface area contributed by atoms with Gasteiger partial charge in [-0.25, -0.2) is 0 Å². The summed E-state index contributed by atoms with van der Waals surface area (Å²) in [5.41, 5.74) is 0.562. The van der Waals surface area contributed by atoms with Crippen molar-refractivity contribution >= 4 is 0 Å². The Hall–Kier alpha value is -0.0800. The number of hydrogen-bond donors (Lipinski definition) is 1. The summed E-state index contributed by atoms with van der Waals surface area (Å²) in [7, 11) is 2.12. The molecule has 0 saturated heterocycles. The summed E-state index contributed by atoms with van der Waals surface area (Å²) in [5, 5.41) is 3.46. The summed E-state index contributed by atoms with van der Waals surface area (Å²) in [6.45, 7) is 8.63. The highest BCUT2D eigenvalue weighted by Crippen LogP contribution is 2.38. The minimum absolute atomic E-state index is 0.562. The van der Waals surface area contributed by atoms with Crippen molar-refractivity contribution < 1.29 is 0 Å². The molecule has 0 spiro atoms. The SMILES string of the molecule is CNCC1(CN(CC2CC2)C(C)C)CCCCC1. The Morgan fingerprint density at radius 2 is 1.83 bits per heavy atom. The summed E-state index contributed by atoms with van der Waals surface area (Å²) >= 11 is 0. The molecule has 0 radical (unpaired) electrons. The normalized spacial score (nSPS) is 23.8. The molecule has 18 heavy (non-hydrogen) atoms. The highest BCUT2D eigenvalue weighted by Gasteiger charge is 2.35. The van der Waals surface area contributed by atoms with Gasteiger partial charge in [0.25, 0.3) is 0 Å². The standard InChI is InChI=1S/C16H32N2/c1-14(2)18(11-15-7-8-15)13-16(12-17-3)9-5-4-6-10-16/h14-15,17H,4-13H2,1-3H3. The molecule has 1 N–H and O–H groups in total. The van der Waals surface area contributed by atoms with E-state index in [1.165, 1.54) is 64.6 Å². The second-order valence-electron chi connectivity index (χ2n) is 7.06. The largest absolute Gasteiger partial charge is 0.319 e. The monoisotopic (exact) mass is 252 g/mol. The molecular formula is C16H32N2. The Morgan fingerprint density at radius 1 is 1.17 bits per heavy atom. The van der Waals surface area contributed by atoms with Crippen molar-refractivity contribution in [3.8, 4) is 0 Å². The van der Waals surface area contributed by atoms with Gasteiger partial charge in [0.05, 0.1) is 0 Å². The summed E-state index contributed by atoms with van der Waals surface area (Å²) in [6, 6.07) is 0.709. The maximum Gasteiger partial charge on any atom is 0.00530 e. The van der Waals surface area contributed by atoms with Crippen LogP contribution in [0, 0.1) is 11.3 Å². The zero-order valence-electron chi connectivity index (χ0n) is 12.7.